The standard InChI is InChI=1S/C21H13ClN4O2/c22-15-12-16-18(19-14(15)9-11-28-19)20(24-17-8-4-5-10-23-17)25-21(27)26(16)13-6-2-1-3-7-13/h1-12H,(H,23,24,25,27). The molecule has 5 rings (SSSR count). The number of benzene rings is 2. The van der Waals surface area contributed by atoms with Crippen molar-refractivity contribution in [3.8, 4) is 5.69 Å². The number of pyridine rings is 1. The maximum Gasteiger partial charge on any atom is 0.354 e. The summed E-state index contributed by atoms with van der Waals surface area (Å²) in [6.45, 7) is 0. The number of hydrogen-bond donors (Lipinski definition) is 1. The molecule has 0 bridgehead atoms. The van der Waals surface area contributed by atoms with Gasteiger partial charge < -0.3 is 9.73 Å². The minimum absolute atomic E-state index is 0.363. The van der Waals surface area contributed by atoms with Crippen molar-refractivity contribution < 1.29 is 4.42 Å². The maximum atomic E-state index is 12.9. The molecule has 0 radical (unpaired) electrons. The number of anilines is 2. The highest BCUT2D eigenvalue weighted by Crippen LogP contribution is 2.36. The van der Waals surface area contributed by atoms with Gasteiger partial charge in [-0.3, -0.25) is 4.57 Å². The van der Waals surface area contributed by atoms with Crippen molar-refractivity contribution in [3.05, 3.63) is 88.6 Å². The zero-order chi connectivity index (χ0) is 19.1. The number of hydrogen-bond acceptors (Lipinski definition) is 5. The molecule has 0 fully saturated rings. The summed E-state index contributed by atoms with van der Waals surface area (Å²) in [5.41, 5.74) is 1.41. The van der Waals surface area contributed by atoms with Crippen LogP contribution < -0.4 is 11.0 Å². The third-order valence-corrected chi connectivity index (χ3v) is 4.78. The third-order valence-electron chi connectivity index (χ3n) is 4.47. The highest BCUT2D eigenvalue weighted by molar-refractivity contribution is 6.37. The molecule has 3 heterocycles. The Morgan fingerprint density at radius 1 is 1.04 bits per heavy atom. The second-order valence-corrected chi connectivity index (χ2v) is 6.58. The van der Waals surface area contributed by atoms with E-state index in [-0.39, 0.29) is 0 Å². The van der Waals surface area contributed by atoms with Crippen molar-refractivity contribution in [2.24, 2.45) is 0 Å². The van der Waals surface area contributed by atoms with Crippen molar-refractivity contribution in [2.75, 3.05) is 5.32 Å². The predicted molar refractivity (Wildman–Crippen MR) is 110 cm³/mol. The smallest absolute Gasteiger partial charge is 0.354 e. The monoisotopic (exact) mass is 388 g/mol. The largest absolute Gasteiger partial charge is 0.463 e. The Hall–Kier alpha value is -3.64. The number of nitrogens with zero attached hydrogens (tertiary/aromatic N) is 3. The molecule has 0 aliphatic heterocycles. The Labute approximate surface area is 164 Å². The Balaban J connectivity index is 1.89. The molecule has 5 aromatic rings. The van der Waals surface area contributed by atoms with Gasteiger partial charge in [0.05, 0.1) is 27.9 Å². The topological polar surface area (TPSA) is 73.0 Å². The van der Waals surface area contributed by atoms with E-state index in [0.717, 1.165) is 5.39 Å². The summed E-state index contributed by atoms with van der Waals surface area (Å²) >= 11 is 6.47. The van der Waals surface area contributed by atoms with Gasteiger partial charge in [-0.1, -0.05) is 35.9 Å². The predicted octanol–water partition coefficient (Wildman–Crippen LogP) is 4.92. The van der Waals surface area contributed by atoms with Crippen LogP contribution in [0.2, 0.25) is 5.02 Å². The van der Waals surface area contributed by atoms with Gasteiger partial charge in [0.1, 0.15) is 11.4 Å². The average Bonchev–Trinajstić information content (AvgIpc) is 3.20. The van der Waals surface area contributed by atoms with Gasteiger partial charge in [-0.05, 0) is 36.4 Å². The van der Waals surface area contributed by atoms with Gasteiger partial charge in [-0.15, -0.1) is 0 Å². The highest BCUT2D eigenvalue weighted by Gasteiger charge is 2.19. The van der Waals surface area contributed by atoms with Crippen molar-refractivity contribution in [3.63, 3.8) is 0 Å². The second kappa shape index (κ2) is 6.51. The van der Waals surface area contributed by atoms with E-state index in [4.69, 9.17) is 16.0 Å². The fourth-order valence-electron chi connectivity index (χ4n) is 3.26. The number of para-hydroxylation sites is 1. The molecule has 0 amide bonds. The van der Waals surface area contributed by atoms with Crippen LogP contribution in [0.4, 0.5) is 11.6 Å². The molecule has 0 saturated carbocycles. The van der Waals surface area contributed by atoms with Crippen LogP contribution in [0.15, 0.2) is 82.3 Å². The molecule has 0 saturated heterocycles. The van der Waals surface area contributed by atoms with E-state index in [0.29, 0.717) is 38.8 Å². The summed E-state index contributed by atoms with van der Waals surface area (Å²) in [6.07, 6.45) is 3.23. The SMILES string of the molecule is O=c1nc(Nc2ccccn2)c2c3occc3c(Cl)cc2n1-c1ccccc1. The Bertz CT molecular complexity index is 1360. The number of rotatable bonds is 3. The van der Waals surface area contributed by atoms with Gasteiger partial charge in [0.15, 0.2) is 5.82 Å². The zero-order valence-electron chi connectivity index (χ0n) is 14.5. The van der Waals surface area contributed by atoms with E-state index in [1.54, 1.807) is 30.7 Å². The number of halogens is 1. The molecule has 0 atom stereocenters. The van der Waals surface area contributed by atoms with Gasteiger partial charge in [-0.2, -0.15) is 4.98 Å². The molecule has 0 spiro atoms. The average molecular weight is 389 g/mol. The molecule has 1 N–H and O–H groups in total. The Morgan fingerprint density at radius 3 is 2.64 bits per heavy atom. The van der Waals surface area contributed by atoms with E-state index in [9.17, 15) is 4.79 Å². The van der Waals surface area contributed by atoms with Crippen LogP contribution in [0, 0.1) is 0 Å². The summed E-state index contributed by atoms with van der Waals surface area (Å²) in [7, 11) is 0. The summed E-state index contributed by atoms with van der Waals surface area (Å²) in [5.74, 6) is 0.935. The van der Waals surface area contributed by atoms with E-state index in [1.165, 1.54) is 4.57 Å². The normalized spacial score (nSPS) is 11.2. The molecule has 3 aromatic heterocycles. The van der Waals surface area contributed by atoms with E-state index in [1.807, 2.05) is 42.5 Å². The summed E-state index contributed by atoms with van der Waals surface area (Å²) in [4.78, 5) is 21.5. The molecule has 6 nitrogen and oxygen atoms in total. The molecule has 28 heavy (non-hydrogen) atoms. The number of aromatic nitrogens is 3. The highest BCUT2D eigenvalue weighted by atomic mass is 35.5. The summed E-state index contributed by atoms with van der Waals surface area (Å²) < 4.78 is 7.24. The molecular weight excluding hydrogens is 376 g/mol. The van der Waals surface area contributed by atoms with Crippen LogP contribution in [0.3, 0.4) is 0 Å². The Kier molecular flexibility index (Phi) is 3.84. The van der Waals surface area contributed by atoms with Crippen LogP contribution in [-0.4, -0.2) is 14.5 Å². The molecule has 7 heteroatoms. The first-order valence-electron chi connectivity index (χ1n) is 8.58. The number of fused-ring (bicyclic) bond motifs is 3. The molecule has 0 unspecified atom stereocenters. The van der Waals surface area contributed by atoms with Crippen molar-refractivity contribution in [1.82, 2.24) is 14.5 Å². The third kappa shape index (κ3) is 2.62. The van der Waals surface area contributed by atoms with Crippen LogP contribution in [0.1, 0.15) is 0 Å². The molecule has 136 valence electrons. The van der Waals surface area contributed by atoms with Crippen molar-refractivity contribution in [2.45, 2.75) is 0 Å². The maximum absolute atomic E-state index is 12.9. The van der Waals surface area contributed by atoms with Gasteiger partial charge in [0.2, 0.25) is 0 Å². The second-order valence-electron chi connectivity index (χ2n) is 6.17. The first-order valence-corrected chi connectivity index (χ1v) is 8.96. The van der Waals surface area contributed by atoms with Crippen LogP contribution in [0.25, 0.3) is 27.6 Å². The van der Waals surface area contributed by atoms with E-state index in [2.05, 4.69) is 15.3 Å². The summed E-state index contributed by atoms with van der Waals surface area (Å²) in [6, 6.07) is 18.3. The molecule has 2 aromatic carbocycles. The summed E-state index contributed by atoms with van der Waals surface area (Å²) in [5, 5.41) is 5.02. The quantitative estimate of drug-likeness (QED) is 0.474. The number of nitrogens with one attached hydrogen (secondary N) is 1. The molecular formula is C21H13ClN4O2. The first kappa shape index (κ1) is 16.5. The van der Waals surface area contributed by atoms with Crippen molar-refractivity contribution in [1.29, 1.82) is 0 Å². The van der Waals surface area contributed by atoms with Gasteiger partial charge in [0.25, 0.3) is 0 Å². The van der Waals surface area contributed by atoms with Gasteiger partial charge in [-0.25, -0.2) is 9.78 Å². The number of furan rings is 1. The van der Waals surface area contributed by atoms with E-state index >= 15 is 0 Å². The lowest BCUT2D eigenvalue weighted by Crippen LogP contribution is -2.23. The molecule has 0 aliphatic rings. The van der Waals surface area contributed by atoms with Crippen LogP contribution in [0.5, 0.6) is 0 Å². The minimum atomic E-state index is -0.431. The lowest BCUT2D eigenvalue weighted by Gasteiger charge is -2.14. The first-order chi connectivity index (χ1) is 13.7. The zero-order valence-corrected chi connectivity index (χ0v) is 15.2. The van der Waals surface area contributed by atoms with Crippen LogP contribution in [-0.2, 0) is 0 Å². The van der Waals surface area contributed by atoms with Crippen molar-refractivity contribution >= 4 is 45.1 Å². The lowest BCUT2D eigenvalue weighted by molar-refractivity contribution is 0.619. The fourth-order valence-corrected chi connectivity index (χ4v) is 3.51. The van der Waals surface area contributed by atoms with Gasteiger partial charge >= 0.3 is 5.69 Å². The minimum Gasteiger partial charge on any atom is -0.463 e. The fraction of sp³-hybridized carbons (Fsp3) is 0. The Morgan fingerprint density at radius 2 is 1.86 bits per heavy atom. The molecule has 0 aliphatic carbocycles. The van der Waals surface area contributed by atoms with Crippen LogP contribution >= 0.6 is 11.6 Å². The van der Waals surface area contributed by atoms with E-state index < -0.39 is 5.69 Å². The van der Waals surface area contributed by atoms with Gasteiger partial charge in [0, 0.05) is 11.6 Å². The lowest BCUT2D eigenvalue weighted by atomic mass is 10.1.